The van der Waals surface area contributed by atoms with Gasteiger partial charge in [-0.2, -0.15) is 0 Å². The molecule has 0 heterocycles. The molecule has 3 rings (SSSR count). The summed E-state index contributed by atoms with van der Waals surface area (Å²) in [5, 5.41) is 23.5. The van der Waals surface area contributed by atoms with Gasteiger partial charge in [0.1, 0.15) is 36.6 Å². The molecule has 1 aliphatic carbocycles. The van der Waals surface area contributed by atoms with E-state index in [-0.39, 0.29) is 49.8 Å². The number of hydrogen-bond acceptors (Lipinski definition) is 10. The number of rotatable bonds is 15. The van der Waals surface area contributed by atoms with Crippen molar-refractivity contribution in [2.75, 3.05) is 54.7 Å². The first-order valence-corrected chi connectivity index (χ1v) is 14.6. The molecule has 1 aliphatic rings. The van der Waals surface area contributed by atoms with Crippen LogP contribution in [0.2, 0.25) is 0 Å². The number of benzene rings is 2. The Morgan fingerprint density at radius 2 is 1.84 bits per heavy atom. The molecule has 12 nitrogen and oxygen atoms in total. The molecule has 3 atom stereocenters. The molecule has 0 aliphatic heterocycles. The second kappa shape index (κ2) is 16.4. The molecule has 13 heteroatoms. The lowest BCUT2D eigenvalue weighted by Crippen LogP contribution is -2.56. The summed E-state index contributed by atoms with van der Waals surface area (Å²) in [6.07, 6.45) is 0.192. The van der Waals surface area contributed by atoms with Crippen LogP contribution >= 0.6 is 22.6 Å². The molecule has 0 radical (unpaired) electrons. The van der Waals surface area contributed by atoms with Crippen LogP contribution in [0.15, 0.2) is 42.0 Å². The van der Waals surface area contributed by atoms with Crippen LogP contribution in [0.3, 0.4) is 0 Å². The van der Waals surface area contributed by atoms with Gasteiger partial charge in [0.05, 0.1) is 37.5 Å². The van der Waals surface area contributed by atoms with E-state index in [0.717, 1.165) is 5.56 Å². The second-order valence-electron chi connectivity index (χ2n) is 9.62. The van der Waals surface area contributed by atoms with E-state index in [1.807, 2.05) is 28.7 Å². The van der Waals surface area contributed by atoms with Crippen molar-refractivity contribution in [3.8, 4) is 23.0 Å². The van der Waals surface area contributed by atoms with Crippen LogP contribution in [0.4, 0.5) is 0 Å². The highest BCUT2D eigenvalue weighted by Crippen LogP contribution is 2.37. The van der Waals surface area contributed by atoms with Crippen molar-refractivity contribution in [1.29, 1.82) is 0 Å². The number of halogens is 1. The number of carbonyl (C=O) groups excluding carboxylic acids is 3. The van der Waals surface area contributed by atoms with Crippen LogP contribution in [0.25, 0.3) is 0 Å². The Labute approximate surface area is 264 Å². The zero-order chi connectivity index (χ0) is 31.5. The first-order chi connectivity index (χ1) is 20.7. The van der Waals surface area contributed by atoms with Crippen LogP contribution in [-0.4, -0.2) is 106 Å². The highest BCUT2D eigenvalue weighted by atomic mass is 127. The molecule has 2 aromatic carbocycles. The largest absolute Gasteiger partial charge is 0.497 e. The molecule has 0 fully saturated rings. The molecule has 3 N–H and O–H groups in total. The molecule has 2 amide bonds. The third-order valence-electron chi connectivity index (χ3n) is 6.95. The van der Waals surface area contributed by atoms with Gasteiger partial charge in [0.2, 0.25) is 11.8 Å². The number of aliphatic hydroxyl groups excluding tert-OH is 2. The van der Waals surface area contributed by atoms with E-state index in [2.05, 4.69) is 5.32 Å². The average molecular weight is 713 g/mol. The van der Waals surface area contributed by atoms with Gasteiger partial charge in [-0.05, 0) is 71.0 Å². The lowest BCUT2D eigenvalue weighted by Gasteiger charge is -2.40. The molecule has 0 unspecified atom stereocenters. The van der Waals surface area contributed by atoms with Gasteiger partial charge >= 0.3 is 0 Å². The molecular weight excluding hydrogens is 675 g/mol. The highest BCUT2D eigenvalue weighted by molar-refractivity contribution is 14.1. The molecule has 0 saturated heterocycles. The van der Waals surface area contributed by atoms with Crippen molar-refractivity contribution in [2.45, 2.75) is 31.1 Å². The Balaban J connectivity index is 2.02. The fourth-order valence-electron chi connectivity index (χ4n) is 4.84. The summed E-state index contributed by atoms with van der Waals surface area (Å²) in [7, 11) is 5.92. The number of aldehydes is 1. The predicted molar refractivity (Wildman–Crippen MR) is 165 cm³/mol. The minimum Gasteiger partial charge on any atom is -0.497 e. The number of aliphatic hydroxyl groups is 2. The Morgan fingerprint density at radius 1 is 1.09 bits per heavy atom. The number of amides is 2. The lowest BCUT2D eigenvalue weighted by atomic mass is 9.88. The quantitative estimate of drug-likeness (QED) is 0.184. The molecule has 0 bridgehead atoms. The van der Waals surface area contributed by atoms with Gasteiger partial charge in [-0.1, -0.05) is 0 Å². The number of nitrogens with zero attached hydrogens (tertiary/aromatic N) is 1. The van der Waals surface area contributed by atoms with E-state index >= 15 is 0 Å². The number of nitrogens with one attached hydrogen (secondary N) is 1. The zero-order valence-electron chi connectivity index (χ0n) is 24.5. The first-order valence-electron chi connectivity index (χ1n) is 13.5. The Hall–Kier alpha value is -3.40. The van der Waals surface area contributed by atoms with Crippen molar-refractivity contribution in [3.05, 3.63) is 56.7 Å². The fraction of sp³-hybridized carbons (Fsp3) is 0.433. The number of methoxy groups -OCH3 is 4. The average Bonchev–Trinajstić information content (AvgIpc) is 3.01. The SMILES string of the molecule is COCC(=O)N(CCc1cc(OC)ccc1OC)[C@@H]1CC(C(=O)NCCO)=C[C@H](Oc2c(I)cc(C=O)cc2OC)[C@H]1O. The van der Waals surface area contributed by atoms with Crippen molar-refractivity contribution in [1.82, 2.24) is 10.2 Å². The Bertz CT molecular complexity index is 1320. The molecule has 0 saturated carbocycles. The van der Waals surface area contributed by atoms with Gasteiger partial charge in [0, 0.05) is 37.8 Å². The summed E-state index contributed by atoms with van der Waals surface area (Å²) in [6, 6.07) is 7.57. The molecule has 2 aromatic rings. The van der Waals surface area contributed by atoms with E-state index < -0.39 is 30.1 Å². The van der Waals surface area contributed by atoms with Crippen LogP contribution in [-0.2, 0) is 20.7 Å². The third kappa shape index (κ3) is 8.59. The number of hydrogen-bond donors (Lipinski definition) is 3. The van der Waals surface area contributed by atoms with Gasteiger partial charge in [0.25, 0.3) is 0 Å². The second-order valence-corrected chi connectivity index (χ2v) is 10.8. The number of carbonyl (C=O) groups is 3. The summed E-state index contributed by atoms with van der Waals surface area (Å²) in [5.41, 5.74) is 1.42. The summed E-state index contributed by atoms with van der Waals surface area (Å²) < 4.78 is 28.2. The summed E-state index contributed by atoms with van der Waals surface area (Å²) >= 11 is 1.99. The molecule has 43 heavy (non-hydrogen) atoms. The molecular formula is C30H37IN2O10. The van der Waals surface area contributed by atoms with E-state index in [1.54, 1.807) is 32.4 Å². The Morgan fingerprint density at radius 3 is 2.47 bits per heavy atom. The summed E-state index contributed by atoms with van der Waals surface area (Å²) in [5.74, 6) is 0.889. The monoisotopic (exact) mass is 712 g/mol. The maximum atomic E-state index is 13.4. The van der Waals surface area contributed by atoms with Crippen LogP contribution in [0.1, 0.15) is 22.3 Å². The molecule has 0 spiro atoms. The predicted octanol–water partition coefficient (Wildman–Crippen LogP) is 1.76. The third-order valence-corrected chi connectivity index (χ3v) is 7.76. The van der Waals surface area contributed by atoms with Crippen molar-refractivity contribution >= 4 is 40.7 Å². The van der Waals surface area contributed by atoms with Crippen LogP contribution in [0.5, 0.6) is 23.0 Å². The van der Waals surface area contributed by atoms with Crippen LogP contribution in [0, 0.1) is 3.57 Å². The maximum Gasteiger partial charge on any atom is 0.248 e. The lowest BCUT2D eigenvalue weighted by molar-refractivity contribution is -0.142. The Kier molecular flexibility index (Phi) is 13.0. The maximum absolute atomic E-state index is 13.4. The summed E-state index contributed by atoms with van der Waals surface area (Å²) in [6.45, 7) is -0.334. The van der Waals surface area contributed by atoms with Gasteiger partial charge in [0.15, 0.2) is 11.5 Å². The van der Waals surface area contributed by atoms with E-state index in [0.29, 0.717) is 33.3 Å². The van der Waals surface area contributed by atoms with E-state index in [1.165, 1.54) is 31.3 Å². The number of ether oxygens (including phenoxy) is 5. The van der Waals surface area contributed by atoms with Gasteiger partial charge in [-0.3, -0.25) is 14.4 Å². The fourth-order valence-corrected chi connectivity index (χ4v) is 5.59. The standard InChI is InChI=1S/C30H37IN2O10/c1-39-17-27(36)33(9-7-19-13-21(40-2)5-6-24(19)41-3)23-14-20(30(38)32-8-10-34)15-25(28(23)37)43-29-22(31)11-18(16-35)12-26(29)42-4/h5-6,11-13,15-16,23,25,28,34,37H,7-10,14,17H2,1-4H3,(H,32,38)/t23-,25+,28+/m1/s1. The van der Waals surface area contributed by atoms with Gasteiger partial charge < -0.3 is 44.1 Å². The smallest absolute Gasteiger partial charge is 0.248 e. The van der Waals surface area contributed by atoms with E-state index in [9.17, 15) is 24.6 Å². The first kappa shape index (κ1) is 34.1. The zero-order valence-corrected chi connectivity index (χ0v) is 26.7. The highest BCUT2D eigenvalue weighted by Gasteiger charge is 2.41. The minimum absolute atomic E-state index is 0.0152. The molecule has 0 aromatic heterocycles. The van der Waals surface area contributed by atoms with Crippen LogP contribution < -0.4 is 24.3 Å². The van der Waals surface area contributed by atoms with Gasteiger partial charge in [-0.25, -0.2) is 0 Å². The normalized spacial score (nSPS) is 17.8. The summed E-state index contributed by atoms with van der Waals surface area (Å²) in [4.78, 5) is 39.4. The van der Waals surface area contributed by atoms with Crippen molar-refractivity contribution < 1.29 is 48.3 Å². The molecule has 234 valence electrons. The topological polar surface area (TPSA) is 153 Å². The van der Waals surface area contributed by atoms with Crippen molar-refractivity contribution in [3.63, 3.8) is 0 Å². The van der Waals surface area contributed by atoms with Crippen molar-refractivity contribution in [2.24, 2.45) is 0 Å². The van der Waals surface area contributed by atoms with Gasteiger partial charge in [-0.15, -0.1) is 0 Å². The minimum atomic E-state index is -1.27. The van der Waals surface area contributed by atoms with E-state index in [4.69, 9.17) is 23.7 Å².